The van der Waals surface area contributed by atoms with E-state index in [4.69, 9.17) is 9.47 Å². The van der Waals surface area contributed by atoms with E-state index in [1.54, 1.807) is 37.4 Å². The number of benzene rings is 1. The van der Waals surface area contributed by atoms with Crippen molar-refractivity contribution in [2.75, 3.05) is 20.8 Å². The lowest BCUT2D eigenvalue weighted by Crippen LogP contribution is -2.35. The molecule has 0 fully saturated rings. The maximum absolute atomic E-state index is 12.8. The average Bonchev–Trinajstić information content (AvgIpc) is 2.71. The second-order valence-electron chi connectivity index (χ2n) is 6.11. The summed E-state index contributed by atoms with van der Waals surface area (Å²) in [4.78, 5) is 30.1. The second-order valence-corrected chi connectivity index (χ2v) is 6.11. The number of nitrogens with zero attached hydrogens (tertiary/aromatic N) is 2. The number of ether oxygens (including phenoxy) is 2. The molecule has 0 N–H and O–H groups in total. The summed E-state index contributed by atoms with van der Waals surface area (Å²) in [6, 6.07) is 11.1. The number of esters is 1. The normalized spacial score (nSPS) is 11.8. The average molecular weight is 368 g/mol. The van der Waals surface area contributed by atoms with Crippen molar-refractivity contribution in [3.63, 3.8) is 0 Å². The van der Waals surface area contributed by atoms with E-state index in [0.29, 0.717) is 6.54 Å². The summed E-state index contributed by atoms with van der Waals surface area (Å²) in [6.45, 7) is 2.38. The largest absolute Gasteiger partial charge is 0.497 e. The minimum Gasteiger partial charge on any atom is -0.497 e. The van der Waals surface area contributed by atoms with Gasteiger partial charge >= 0.3 is 5.97 Å². The molecule has 1 aromatic carbocycles. The highest BCUT2D eigenvalue weighted by molar-refractivity contribution is 5.92. The highest BCUT2D eigenvalue weighted by Crippen LogP contribution is 2.15. The quantitative estimate of drug-likeness (QED) is 0.529. The summed E-state index contributed by atoms with van der Waals surface area (Å²) < 4.78 is 9.97. The summed E-state index contributed by atoms with van der Waals surface area (Å²) >= 11 is 0. The lowest BCUT2D eigenvalue weighted by molar-refractivity contribution is -0.146. The zero-order chi connectivity index (χ0) is 19.6. The Morgan fingerprint density at radius 1 is 1.19 bits per heavy atom. The molecule has 1 aromatic heterocycles. The molecule has 0 aliphatic rings. The van der Waals surface area contributed by atoms with Crippen LogP contribution < -0.4 is 4.74 Å². The van der Waals surface area contributed by atoms with Crippen molar-refractivity contribution in [3.8, 4) is 5.75 Å². The van der Waals surface area contributed by atoms with E-state index in [2.05, 4.69) is 4.98 Å². The van der Waals surface area contributed by atoms with Crippen molar-refractivity contribution >= 4 is 18.0 Å². The van der Waals surface area contributed by atoms with E-state index in [1.807, 2.05) is 36.4 Å². The molecule has 0 saturated carbocycles. The molecule has 2 rings (SSSR count). The molecule has 0 radical (unpaired) electrons. The first-order valence-electron chi connectivity index (χ1n) is 8.61. The van der Waals surface area contributed by atoms with Crippen molar-refractivity contribution in [2.24, 2.45) is 5.92 Å². The van der Waals surface area contributed by atoms with Gasteiger partial charge in [0.25, 0.3) is 0 Å². The summed E-state index contributed by atoms with van der Waals surface area (Å²) in [5, 5.41) is 0. The van der Waals surface area contributed by atoms with Gasteiger partial charge in [0.1, 0.15) is 5.75 Å². The zero-order valence-electron chi connectivity index (χ0n) is 15.8. The lowest BCUT2D eigenvalue weighted by Gasteiger charge is -2.24. The first kappa shape index (κ1) is 20.2. The maximum atomic E-state index is 12.8. The Labute approximate surface area is 159 Å². The number of rotatable bonds is 8. The Balaban J connectivity index is 2.15. The van der Waals surface area contributed by atoms with Crippen LogP contribution in [0, 0.1) is 5.92 Å². The Hall–Kier alpha value is -3.15. The van der Waals surface area contributed by atoms with Crippen molar-refractivity contribution in [3.05, 3.63) is 66.0 Å². The number of carbonyl (C=O) groups is 2. The van der Waals surface area contributed by atoms with Gasteiger partial charge in [-0.05, 0) is 41.5 Å². The lowest BCUT2D eigenvalue weighted by atomic mass is 10.1. The molecular weight excluding hydrogens is 344 g/mol. The number of hydrogen-bond acceptors (Lipinski definition) is 5. The fourth-order valence-electron chi connectivity index (χ4n) is 2.57. The van der Waals surface area contributed by atoms with Gasteiger partial charge in [0.2, 0.25) is 5.91 Å². The van der Waals surface area contributed by atoms with Crippen LogP contribution in [0.5, 0.6) is 5.75 Å². The van der Waals surface area contributed by atoms with E-state index in [9.17, 15) is 9.59 Å². The van der Waals surface area contributed by atoms with E-state index in [-0.39, 0.29) is 18.4 Å². The Morgan fingerprint density at radius 2 is 1.93 bits per heavy atom. The third kappa shape index (κ3) is 6.26. The number of carbonyl (C=O) groups excluding carboxylic acids is 2. The molecule has 1 atom stereocenters. The minimum atomic E-state index is -0.425. The fraction of sp³-hybridized carbons (Fsp3) is 0.286. The maximum Gasteiger partial charge on any atom is 0.310 e. The molecule has 2 aromatic rings. The number of aromatic nitrogens is 1. The zero-order valence-corrected chi connectivity index (χ0v) is 15.8. The van der Waals surface area contributed by atoms with Crippen LogP contribution in [0.25, 0.3) is 6.08 Å². The third-order valence-electron chi connectivity index (χ3n) is 4.04. The molecule has 0 aliphatic carbocycles. The summed E-state index contributed by atoms with van der Waals surface area (Å²) in [7, 11) is 2.94. The molecule has 1 amide bonds. The van der Waals surface area contributed by atoms with E-state index < -0.39 is 5.92 Å². The van der Waals surface area contributed by atoms with Gasteiger partial charge in [-0.15, -0.1) is 0 Å². The van der Waals surface area contributed by atoms with Crippen LogP contribution >= 0.6 is 0 Å². The number of pyridine rings is 1. The number of amides is 1. The van der Waals surface area contributed by atoms with Gasteiger partial charge in [-0.1, -0.05) is 19.1 Å². The van der Waals surface area contributed by atoms with Crippen molar-refractivity contribution in [1.82, 2.24) is 9.88 Å². The van der Waals surface area contributed by atoms with E-state index in [0.717, 1.165) is 16.9 Å². The van der Waals surface area contributed by atoms with Gasteiger partial charge < -0.3 is 14.4 Å². The molecule has 0 saturated heterocycles. The van der Waals surface area contributed by atoms with Crippen LogP contribution in [0.3, 0.4) is 0 Å². The van der Waals surface area contributed by atoms with Crippen LogP contribution in [0.15, 0.2) is 54.9 Å². The molecule has 0 spiro atoms. The highest BCUT2D eigenvalue weighted by Gasteiger charge is 2.20. The smallest absolute Gasteiger partial charge is 0.310 e. The second kappa shape index (κ2) is 10.1. The van der Waals surface area contributed by atoms with Gasteiger partial charge in [-0.25, -0.2) is 0 Å². The molecule has 27 heavy (non-hydrogen) atoms. The Morgan fingerprint density at radius 3 is 2.59 bits per heavy atom. The fourth-order valence-corrected chi connectivity index (χ4v) is 2.57. The Bertz CT molecular complexity index is 790. The molecule has 6 heteroatoms. The molecule has 0 aliphatic heterocycles. The van der Waals surface area contributed by atoms with Crippen LogP contribution in [0.2, 0.25) is 0 Å². The van der Waals surface area contributed by atoms with Crippen LogP contribution in [0.4, 0.5) is 0 Å². The highest BCUT2D eigenvalue weighted by atomic mass is 16.5. The van der Waals surface area contributed by atoms with Gasteiger partial charge in [0.15, 0.2) is 0 Å². The van der Waals surface area contributed by atoms with Crippen LogP contribution in [-0.4, -0.2) is 42.5 Å². The third-order valence-corrected chi connectivity index (χ3v) is 4.04. The summed E-state index contributed by atoms with van der Waals surface area (Å²) in [5.74, 6) is -0.242. The molecule has 0 bridgehead atoms. The van der Waals surface area contributed by atoms with Crippen molar-refractivity contribution in [2.45, 2.75) is 13.5 Å². The van der Waals surface area contributed by atoms with Crippen molar-refractivity contribution < 1.29 is 19.1 Å². The van der Waals surface area contributed by atoms with Gasteiger partial charge in [0, 0.05) is 31.6 Å². The van der Waals surface area contributed by atoms with Gasteiger partial charge in [-0.2, -0.15) is 0 Å². The van der Waals surface area contributed by atoms with Crippen molar-refractivity contribution in [1.29, 1.82) is 0 Å². The minimum absolute atomic E-state index is 0.189. The molecule has 6 nitrogen and oxygen atoms in total. The van der Waals surface area contributed by atoms with E-state index >= 15 is 0 Å². The molecule has 1 heterocycles. The van der Waals surface area contributed by atoms with E-state index in [1.165, 1.54) is 13.2 Å². The summed E-state index contributed by atoms with van der Waals surface area (Å²) in [5.41, 5.74) is 1.79. The van der Waals surface area contributed by atoms with Gasteiger partial charge in [-0.3, -0.25) is 14.6 Å². The standard InChI is InChI=1S/C21H24N2O4/c1-16(21(25)27-3)14-23(15-18-9-11-22-12-10-18)20(24)8-7-17-5-4-6-19(13-17)26-2/h4-13,16H,14-15H2,1-3H3/b8-7+. The number of hydrogen-bond donors (Lipinski definition) is 0. The topological polar surface area (TPSA) is 68.7 Å². The molecule has 1 unspecified atom stereocenters. The predicted octanol–water partition coefficient (Wildman–Crippen LogP) is 2.94. The monoisotopic (exact) mass is 368 g/mol. The van der Waals surface area contributed by atoms with Gasteiger partial charge in [0.05, 0.1) is 20.1 Å². The first-order valence-corrected chi connectivity index (χ1v) is 8.61. The first-order chi connectivity index (χ1) is 13.0. The molecular formula is C21H24N2O4. The predicted molar refractivity (Wildman–Crippen MR) is 103 cm³/mol. The number of methoxy groups -OCH3 is 2. The SMILES string of the molecule is COC(=O)C(C)CN(Cc1ccncc1)C(=O)/C=C/c1cccc(OC)c1. The van der Waals surface area contributed by atoms with Crippen LogP contribution in [0.1, 0.15) is 18.1 Å². The Kier molecular flexibility index (Phi) is 7.55. The molecule has 142 valence electrons. The van der Waals surface area contributed by atoms with Crippen LogP contribution in [-0.2, 0) is 20.9 Å². The summed E-state index contributed by atoms with van der Waals surface area (Å²) in [6.07, 6.45) is 6.58.